The van der Waals surface area contributed by atoms with Gasteiger partial charge in [-0.1, -0.05) is 17.7 Å². The first kappa shape index (κ1) is 12.7. The molecule has 0 heterocycles. The molecule has 86 valence electrons. The zero-order valence-electron chi connectivity index (χ0n) is 9.42. The molecule has 0 atom stereocenters. The number of ketones is 1. The van der Waals surface area contributed by atoms with Gasteiger partial charge in [0.1, 0.15) is 0 Å². The smallest absolute Gasteiger partial charge is 0.190 e. The summed E-state index contributed by atoms with van der Waals surface area (Å²) in [5.74, 6) is -1.05. The van der Waals surface area contributed by atoms with Crippen LogP contribution in [0.4, 0.5) is 4.39 Å². The Labute approximate surface area is 99.3 Å². The standard InChI is InChI=1S/C12H13ClFNO/c1-8(15(2)3)7-11(16)9-5-4-6-10(13)12(9)14/h4-7H,1-3H3/b8-7+. The molecule has 0 saturated carbocycles. The van der Waals surface area contributed by atoms with Crippen LogP contribution in [0, 0.1) is 5.82 Å². The van der Waals surface area contributed by atoms with Gasteiger partial charge < -0.3 is 4.90 Å². The van der Waals surface area contributed by atoms with Crippen LogP contribution < -0.4 is 0 Å². The molecule has 0 aromatic heterocycles. The molecular weight excluding hydrogens is 229 g/mol. The van der Waals surface area contributed by atoms with Crippen LogP contribution in [-0.2, 0) is 0 Å². The van der Waals surface area contributed by atoms with Crippen LogP contribution in [0.3, 0.4) is 0 Å². The van der Waals surface area contributed by atoms with Crippen molar-refractivity contribution in [3.05, 3.63) is 46.4 Å². The molecule has 0 unspecified atom stereocenters. The van der Waals surface area contributed by atoms with Gasteiger partial charge in [0.25, 0.3) is 0 Å². The number of nitrogens with zero attached hydrogens (tertiary/aromatic N) is 1. The summed E-state index contributed by atoms with van der Waals surface area (Å²) >= 11 is 5.60. The van der Waals surface area contributed by atoms with Gasteiger partial charge in [0.05, 0.1) is 10.6 Å². The van der Waals surface area contributed by atoms with Gasteiger partial charge in [-0.2, -0.15) is 0 Å². The molecule has 2 nitrogen and oxygen atoms in total. The van der Waals surface area contributed by atoms with Crippen LogP contribution in [-0.4, -0.2) is 24.8 Å². The third kappa shape index (κ3) is 2.83. The summed E-state index contributed by atoms with van der Waals surface area (Å²) in [5.41, 5.74) is 0.748. The van der Waals surface area contributed by atoms with Crippen LogP contribution in [0.2, 0.25) is 5.02 Å². The van der Waals surface area contributed by atoms with Crippen molar-refractivity contribution in [2.24, 2.45) is 0 Å². The van der Waals surface area contributed by atoms with Crippen molar-refractivity contribution in [2.45, 2.75) is 6.92 Å². The zero-order valence-corrected chi connectivity index (χ0v) is 10.2. The summed E-state index contributed by atoms with van der Waals surface area (Å²) in [4.78, 5) is 13.5. The number of hydrogen-bond donors (Lipinski definition) is 0. The topological polar surface area (TPSA) is 20.3 Å². The average molecular weight is 242 g/mol. The van der Waals surface area contributed by atoms with Gasteiger partial charge in [0.15, 0.2) is 11.6 Å². The number of carbonyl (C=O) groups excluding carboxylic acids is 1. The van der Waals surface area contributed by atoms with Crippen LogP contribution >= 0.6 is 11.6 Å². The lowest BCUT2D eigenvalue weighted by Gasteiger charge is -2.12. The van der Waals surface area contributed by atoms with Crippen molar-refractivity contribution in [3.8, 4) is 0 Å². The molecule has 1 rings (SSSR count). The number of rotatable bonds is 3. The van der Waals surface area contributed by atoms with E-state index in [4.69, 9.17) is 11.6 Å². The van der Waals surface area contributed by atoms with Gasteiger partial charge in [-0.25, -0.2) is 4.39 Å². The minimum atomic E-state index is -0.669. The van der Waals surface area contributed by atoms with Crippen molar-refractivity contribution in [2.75, 3.05) is 14.1 Å². The van der Waals surface area contributed by atoms with Crippen molar-refractivity contribution in [3.63, 3.8) is 0 Å². The highest BCUT2D eigenvalue weighted by Crippen LogP contribution is 2.19. The van der Waals surface area contributed by atoms with E-state index < -0.39 is 5.82 Å². The third-order valence-corrected chi connectivity index (χ3v) is 2.55. The fraction of sp³-hybridized carbons (Fsp3) is 0.250. The van der Waals surface area contributed by atoms with E-state index in [1.807, 2.05) is 14.1 Å². The second-order valence-corrected chi connectivity index (χ2v) is 4.05. The Hall–Kier alpha value is -1.35. The van der Waals surface area contributed by atoms with E-state index in [1.165, 1.54) is 18.2 Å². The maximum atomic E-state index is 13.5. The SMILES string of the molecule is C/C(=C\C(=O)c1cccc(Cl)c1F)N(C)C. The summed E-state index contributed by atoms with van der Waals surface area (Å²) < 4.78 is 13.5. The van der Waals surface area contributed by atoms with E-state index >= 15 is 0 Å². The molecule has 0 spiro atoms. The van der Waals surface area contributed by atoms with Crippen LogP contribution in [0.5, 0.6) is 0 Å². The highest BCUT2D eigenvalue weighted by molar-refractivity contribution is 6.31. The lowest BCUT2D eigenvalue weighted by Crippen LogP contribution is -2.10. The molecule has 0 saturated heterocycles. The summed E-state index contributed by atoms with van der Waals surface area (Å²) in [6, 6.07) is 4.39. The van der Waals surface area contributed by atoms with Crippen LogP contribution in [0.25, 0.3) is 0 Å². The van der Waals surface area contributed by atoms with E-state index in [2.05, 4.69) is 0 Å². The second kappa shape index (κ2) is 5.12. The van der Waals surface area contributed by atoms with Crippen LogP contribution in [0.15, 0.2) is 30.0 Å². The predicted octanol–water partition coefficient (Wildman–Crippen LogP) is 3.13. The van der Waals surface area contributed by atoms with Crippen molar-refractivity contribution < 1.29 is 9.18 Å². The molecular formula is C12H13ClFNO. The first-order valence-electron chi connectivity index (χ1n) is 4.77. The van der Waals surface area contributed by atoms with Gasteiger partial charge in [0.2, 0.25) is 0 Å². The molecule has 16 heavy (non-hydrogen) atoms. The number of halogens is 2. The normalized spacial score (nSPS) is 11.4. The molecule has 0 fully saturated rings. The van der Waals surface area contributed by atoms with Gasteiger partial charge in [-0.05, 0) is 19.1 Å². The summed E-state index contributed by atoms with van der Waals surface area (Å²) in [6.45, 7) is 1.78. The summed E-state index contributed by atoms with van der Waals surface area (Å²) in [5, 5.41) is -0.0400. The van der Waals surface area contributed by atoms with E-state index in [-0.39, 0.29) is 16.4 Å². The first-order chi connectivity index (χ1) is 7.43. The van der Waals surface area contributed by atoms with Gasteiger partial charge >= 0.3 is 0 Å². The lowest BCUT2D eigenvalue weighted by molar-refractivity contribution is 0.104. The Kier molecular flexibility index (Phi) is 4.07. The van der Waals surface area contributed by atoms with E-state index in [0.29, 0.717) is 0 Å². The minimum absolute atomic E-state index is 0.00583. The maximum Gasteiger partial charge on any atom is 0.190 e. The summed E-state index contributed by atoms with van der Waals surface area (Å²) in [6.07, 6.45) is 1.38. The fourth-order valence-corrected chi connectivity index (χ4v) is 1.27. The molecule has 0 N–H and O–H groups in total. The highest BCUT2D eigenvalue weighted by Gasteiger charge is 2.12. The van der Waals surface area contributed by atoms with E-state index in [1.54, 1.807) is 17.9 Å². The van der Waals surface area contributed by atoms with Crippen molar-refractivity contribution in [1.82, 2.24) is 4.90 Å². The number of benzene rings is 1. The molecule has 0 aliphatic carbocycles. The van der Waals surface area contributed by atoms with Crippen molar-refractivity contribution in [1.29, 1.82) is 0 Å². The Bertz CT molecular complexity index is 441. The molecule has 0 radical (unpaired) electrons. The minimum Gasteiger partial charge on any atom is -0.381 e. The van der Waals surface area contributed by atoms with Crippen molar-refractivity contribution >= 4 is 17.4 Å². The largest absolute Gasteiger partial charge is 0.381 e. The molecule has 4 heteroatoms. The Morgan fingerprint density at radius 2 is 2.06 bits per heavy atom. The Morgan fingerprint density at radius 3 is 2.62 bits per heavy atom. The molecule has 0 amide bonds. The average Bonchev–Trinajstić information content (AvgIpc) is 2.21. The molecule has 0 aliphatic heterocycles. The van der Waals surface area contributed by atoms with Gasteiger partial charge in [0, 0.05) is 25.9 Å². The zero-order chi connectivity index (χ0) is 12.3. The molecule has 1 aromatic rings. The number of allylic oxidation sites excluding steroid dienone is 2. The Balaban J connectivity index is 3.07. The van der Waals surface area contributed by atoms with Gasteiger partial charge in [-0.15, -0.1) is 0 Å². The number of hydrogen-bond acceptors (Lipinski definition) is 2. The van der Waals surface area contributed by atoms with Gasteiger partial charge in [-0.3, -0.25) is 4.79 Å². The first-order valence-corrected chi connectivity index (χ1v) is 5.15. The second-order valence-electron chi connectivity index (χ2n) is 3.65. The highest BCUT2D eigenvalue weighted by atomic mass is 35.5. The monoisotopic (exact) mass is 241 g/mol. The quantitative estimate of drug-likeness (QED) is 0.599. The Morgan fingerprint density at radius 1 is 1.44 bits per heavy atom. The van der Waals surface area contributed by atoms with Crippen LogP contribution in [0.1, 0.15) is 17.3 Å². The number of carbonyl (C=O) groups is 1. The summed E-state index contributed by atoms with van der Waals surface area (Å²) in [7, 11) is 3.63. The fourth-order valence-electron chi connectivity index (χ4n) is 1.09. The molecule has 0 aliphatic rings. The molecule has 0 bridgehead atoms. The third-order valence-electron chi connectivity index (χ3n) is 2.26. The lowest BCUT2D eigenvalue weighted by atomic mass is 10.1. The maximum absolute atomic E-state index is 13.5. The molecule has 1 aromatic carbocycles. The predicted molar refractivity (Wildman–Crippen MR) is 63.2 cm³/mol. The van der Waals surface area contributed by atoms with E-state index in [0.717, 1.165) is 5.70 Å². The van der Waals surface area contributed by atoms with E-state index in [9.17, 15) is 9.18 Å².